The number of ether oxygens (including phenoxy) is 4. The van der Waals surface area contributed by atoms with Crippen LogP contribution in [0.1, 0.15) is 5.56 Å². The van der Waals surface area contributed by atoms with Gasteiger partial charge in [0.2, 0.25) is 5.75 Å². The summed E-state index contributed by atoms with van der Waals surface area (Å²) in [6.45, 7) is 0. The highest BCUT2D eigenvalue weighted by molar-refractivity contribution is 5.84. The Morgan fingerprint density at radius 2 is 1.84 bits per heavy atom. The molecule has 0 radical (unpaired) electrons. The van der Waals surface area contributed by atoms with E-state index in [0.29, 0.717) is 23.7 Å². The molecule has 1 aliphatic rings. The van der Waals surface area contributed by atoms with Gasteiger partial charge in [-0.15, -0.1) is 0 Å². The summed E-state index contributed by atoms with van der Waals surface area (Å²) >= 11 is 0. The fourth-order valence-electron chi connectivity index (χ4n) is 2.06. The number of carbonyl (C=O) groups is 1. The summed E-state index contributed by atoms with van der Waals surface area (Å²) in [7, 11) is 4.69. The molecule has 0 aromatic heterocycles. The zero-order valence-corrected chi connectivity index (χ0v) is 11.1. The minimum absolute atomic E-state index is 0.264. The standard InChI is InChI=1S/C14H16O5/c1-16-11-6-4-9(13(17-2)14(11)18-3)8-10-5-7-12(15)19-10/h4-7,10H,8H2,1-3H3. The number of hydrogen-bond donors (Lipinski definition) is 0. The Kier molecular flexibility index (Phi) is 3.94. The van der Waals surface area contributed by atoms with Crippen molar-refractivity contribution in [2.45, 2.75) is 12.5 Å². The van der Waals surface area contributed by atoms with Crippen molar-refractivity contribution >= 4 is 5.97 Å². The topological polar surface area (TPSA) is 54.0 Å². The number of benzene rings is 1. The smallest absolute Gasteiger partial charge is 0.331 e. The maximum absolute atomic E-state index is 11.0. The molecule has 1 unspecified atom stereocenters. The third-order valence-electron chi connectivity index (χ3n) is 2.92. The van der Waals surface area contributed by atoms with E-state index >= 15 is 0 Å². The van der Waals surface area contributed by atoms with Crippen molar-refractivity contribution in [3.8, 4) is 17.2 Å². The zero-order chi connectivity index (χ0) is 13.8. The highest BCUT2D eigenvalue weighted by Crippen LogP contribution is 2.40. The fourth-order valence-corrected chi connectivity index (χ4v) is 2.06. The van der Waals surface area contributed by atoms with Gasteiger partial charge in [-0.1, -0.05) is 6.07 Å². The Bertz CT molecular complexity index is 507. The minimum atomic E-state index is -0.315. The Hall–Kier alpha value is -2.17. The maximum Gasteiger partial charge on any atom is 0.331 e. The molecule has 0 aliphatic carbocycles. The first-order chi connectivity index (χ1) is 9.19. The lowest BCUT2D eigenvalue weighted by Gasteiger charge is -2.17. The van der Waals surface area contributed by atoms with Crippen LogP contribution in [0, 0.1) is 0 Å². The second-order valence-electron chi connectivity index (χ2n) is 4.03. The number of rotatable bonds is 5. The third-order valence-corrected chi connectivity index (χ3v) is 2.92. The Balaban J connectivity index is 2.30. The average Bonchev–Trinajstić information content (AvgIpc) is 2.83. The van der Waals surface area contributed by atoms with Crippen molar-refractivity contribution in [3.05, 3.63) is 29.8 Å². The van der Waals surface area contributed by atoms with E-state index in [1.807, 2.05) is 6.07 Å². The van der Waals surface area contributed by atoms with E-state index in [4.69, 9.17) is 18.9 Å². The molecule has 0 fully saturated rings. The first-order valence-corrected chi connectivity index (χ1v) is 5.86. The molecule has 0 N–H and O–H groups in total. The van der Waals surface area contributed by atoms with Gasteiger partial charge in [0.1, 0.15) is 6.10 Å². The quantitative estimate of drug-likeness (QED) is 0.758. The SMILES string of the molecule is COc1ccc(CC2C=CC(=O)O2)c(OC)c1OC. The number of esters is 1. The summed E-state index contributed by atoms with van der Waals surface area (Å²) in [6.07, 6.45) is 3.43. The van der Waals surface area contributed by atoms with Gasteiger partial charge in [-0.2, -0.15) is 0 Å². The summed E-state index contributed by atoms with van der Waals surface area (Å²) in [4.78, 5) is 11.0. The molecule has 2 rings (SSSR count). The molecule has 102 valence electrons. The average molecular weight is 264 g/mol. The molecule has 19 heavy (non-hydrogen) atoms. The molecule has 0 bridgehead atoms. The molecule has 0 saturated carbocycles. The van der Waals surface area contributed by atoms with Crippen LogP contribution < -0.4 is 14.2 Å². The molecule has 1 aromatic rings. The van der Waals surface area contributed by atoms with Crippen molar-refractivity contribution in [1.29, 1.82) is 0 Å². The molecule has 0 amide bonds. The van der Waals surface area contributed by atoms with Gasteiger partial charge in [-0.25, -0.2) is 4.79 Å². The predicted octanol–water partition coefficient (Wildman–Crippen LogP) is 1.74. The second kappa shape index (κ2) is 5.65. The maximum atomic E-state index is 11.0. The highest BCUT2D eigenvalue weighted by Gasteiger charge is 2.22. The Labute approximate surface area is 111 Å². The molecule has 1 heterocycles. The van der Waals surface area contributed by atoms with Crippen LogP contribution in [-0.2, 0) is 16.0 Å². The summed E-state index contributed by atoms with van der Waals surface area (Å²) in [5.41, 5.74) is 0.893. The van der Waals surface area contributed by atoms with E-state index in [1.54, 1.807) is 33.5 Å². The summed E-state index contributed by atoms with van der Waals surface area (Å²) in [5, 5.41) is 0. The molecular weight excluding hydrogens is 248 g/mol. The van der Waals surface area contributed by atoms with Crippen LogP contribution in [0.25, 0.3) is 0 Å². The van der Waals surface area contributed by atoms with E-state index in [9.17, 15) is 4.79 Å². The van der Waals surface area contributed by atoms with Gasteiger partial charge in [-0.3, -0.25) is 0 Å². The monoisotopic (exact) mass is 264 g/mol. The van der Waals surface area contributed by atoms with Crippen LogP contribution >= 0.6 is 0 Å². The highest BCUT2D eigenvalue weighted by atomic mass is 16.5. The van der Waals surface area contributed by atoms with Crippen molar-refractivity contribution in [2.24, 2.45) is 0 Å². The van der Waals surface area contributed by atoms with Gasteiger partial charge in [0.15, 0.2) is 11.5 Å². The Morgan fingerprint density at radius 3 is 2.37 bits per heavy atom. The van der Waals surface area contributed by atoms with Crippen molar-refractivity contribution in [1.82, 2.24) is 0 Å². The number of hydrogen-bond acceptors (Lipinski definition) is 5. The van der Waals surface area contributed by atoms with Crippen LogP contribution in [0.15, 0.2) is 24.3 Å². The van der Waals surface area contributed by atoms with E-state index in [-0.39, 0.29) is 12.1 Å². The molecular formula is C14H16O5. The second-order valence-corrected chi connectivity index (χ2v) is 4.03. The molecule has 5 nitrogen and oxygen atoms in total. The molecule has 1 atom stereocenters. The van der Waals surface area contributed by atoms with E-state index in [2.05, 4.69) is 0 Å². The molecule has 1 aromatic carbocycles. The lowest BCUT2D eigenvalue weighted by atomic mass is 10.1. The van der Waals surface area contributed by atoms with Crippen LogP contribution in [0.2, 0.25) is 0 Å². The normalized spacial score (nSPS) is 17.2. The lowest BCUT2D eigenvalue weighted by Crippen LogP contribution is -2.12. The third kappa shape index (κ3) is 2.65. The number of cyclic esters (lactones) is 1. The lowest BCUT2D eigenvalue weighted by molar-refractivity contribution is -0.138. The Morgan fingerprint density at radius 1 is 1.11 bits per heavy atom. The largest absolute Gasteiger partial charge is 0.493 e. The summed E-state index contributed by atoms with van der Waals surface area (Å²) in [5.74, 6) is 1.42. The molecule has 5 heteroatoms. The zero-order valence-electron chi connectivity index (χ0n) is 11.1. The summed E-state index contributed by atoms with van der Waals surface area (Å²) in [6, 6.07) is 3.68. The van der Waals surface area contributed by atoms with Gasteiger partial charge in [0.05, 0.1) is 21.3 Å². The van der Waals surface area contributed by atoms with E-state index in [0.717, 1.165) is 5.56 Å². The van der Waals surface area contributed by atoms with E-state index in [1.165, 1.54) is 6.08 Å². The van der Waals surface area contributed by atoms with Gasteiger partial charge >= 0.3 is 5.97 Å². The number of carbonyl (C=O) groups excluding carboxylic acids is 1. The van der Waals surface area contributed by atoms with Crippen LogP contribution in [0.3, 0.4) is 0 Å². The van der Waals surface area contributed by atoms with Gasteiger partial charge in [0, 0.05) is 18.1 Å². The molecule has 0 saturated heterocycles. The van der Waals surface area contributed by atoms with Crippen LogP contribution in [-0.4, -0.2) is 33.4 Å². The van der Waals surface area contributed by atoms with Crippen molar-refractivity contribution < 1.29 is 23.7 Å². The first-order valence-electron chi connectivity index (χ1n) is 5.86. The van der Waals surface area contributed by atoms with Gasteiger partial charge in [0.25, 0.3) is 0 Å². The summed E-state index contributed by atoms with van der Waals surface area (Å²) < 4.78 is 21.0. The minimum Gasteiger partial charge on any atom is -0.493 e. The molecule has 0 spiro atoms. The van der Waals surface area contributed by atoms with Crippen molar-refractivity contribution in [3.63, 3.8) is 0 Å². The molecule has 1 aliphatic heterocycles. The van der Waals surface area contributed by atoms with Gasteiger partial charge < -0.3 is 18.9 Å². The fraction of sp³-hybridized carbons (Fsp3) is 0.357. The number of methoxy groups -OCH3 is 3. The van der Waals surface area contributed by atoms with Crippen LogP contribution in [0.5, 0.6) is 17.2 Å². The van der Waals surface area contributed by atoms with E-state index < -0.39 is 0 Å². The van der Waals surface area contributed by atoms with Crippen molar-refractivity contribution in [2.75, 3.05) is 21.3 Å². The first kappa shape index (κ1) is 13.3. The predicted molar refractivity (Wildman–Crippen MR) is 68.8 cm³/mol. The van der Waals surface area contributed by atoms with Gasteiger partial charge in [-0.05, 0) is 12.1 Å². The van der Waals surface area contributed by atoms with Crippen LogP contribution in [0.4, 0.5) is 0 Å².